The van der Waals surface area contributed by atoms with Crippen LogP contribution in [-0.4, -0.2) is 87.1 Å². The standard InChI is InChI=1S/C28H41N3O7/c1-27(2,18-32)28(3,38)25(35)30-21(14-19-10-6-4-7-11-19)23(33)16-29-17-24(34)22(31-26(36)37)15-20-12-8-5-9-13-20/h4-13,21-24,29,31-34,38H,14-18H2,1-3H3,(H,30,35)(H,36,37)/t21-,22-,23?,24+,28?/m0/s1. The van der Waals surface area contributed by atoms with Crippen LogP contribution in [0.2, 0.25) is 0 Å². The molecule has 38 heavy (non-hydrogen) atoms. The van der Waals surface area contributed by atoms with Gasteiger partial charge in [0, 0.05) is 18.5 Å². The number of amides is 2. The van der Waals surface area contributed by atoms with E-state index in [0.29, 0.717) is 0 Å². The summed E-state index contributed by atoms with van der Waals surface area (Å²) in [7, 11) is 0. The fourth-order valence-corrected chi connectivity index (χ4v) is 3.89. The van der Waals surface area contributed by atoms with Crippen molar-refractivity contribution in [1.82, 2.24) is 16.0 Å². The Balaban J connectivity index is 2.07. The molecule has 5 atom stereocenters. The van der Waals surface area contributed by atoms with E-state index in [1.807, 2.05) is 60.7 Å². The minimum absolute atomic E-state index is 0.0178. The van der Waals surface area contributed by atoms with E-state index in [9.17, 15) is 35.1 Å². The van der Waals surface area contributed by atoms with Crippen molar-refractivity contribution >= 4 is 12.0 Å². The van der Waals surface area contributed by atoms with E-state index in [-0.39, 0.29) is 25.9 Å². The molecule has 0 aliphatic rings. The van der Waals surface area contributed by atoms with Crippen molar-refractivity contribution in [1.29, 1.82) is 0 Å². The lowest BCUT2D eigenvalue weighted by molar-refractivity contribution is -0.155. The van der Waals surface area contributed by atoms with Gasteiger partial charge in [0.15, 0.2) is 0 Å². The molecular weight excluding hydrogens is 490 g/mol. The second-order valence-electron chi connectivity index (χ2n) is 10.4. The van der Waals surface area contributed by atoms with Gasteiger partial charge in [-0.25, -0.2) is 4.79 Å². The Labute approximate surface area is 223 Å². The number of aliphatic hydroxyl groups is 4. The SMILES string of the molecule is CC(C)(CO)C(C)(O)C(=O)N[C@@H](Cc1ccccc1)C(O)CNC[C@@H](O)[C@H](Cc1ccccc1)NC(=O)O. The summed E-state index contributed by atoms with van der Waals surface area (Å²) < 4.78 is 0. The van der Waals surface area contributed by atoms with Crippen LogP contribution < -0.4 is 16.0 Å². The van der Waals surface area contributed by atoms with E-state index in [1.165, 1.54) is 6.92 Å². The van der Waals surface area contributed by atoms with Crippen LogP contribution >= 0.6 is 0 Å². The number of carbonyl (C=O) groups excluding carboxylic acids is 1. The number of benzene rings is 2. The smallest absolute Gasteiger partial charge is 0.404 e. The zero-order chi connectivity index (χ0) is 28.3. The van der Waals surface area contributed by atoms with Crippen molar-refractivity contribution in [2.24, 2.45) is 5.41 Å². The zero-order valence-electron chi connectivity index (χ0n) is 22.2. The summed E-state index contributed by atoms with van der Waals surface area (Å²) in [5.41, 5.74) is -1.33. The summed E-state index contributed by atoms with van der Waals surface area (Å²) in [6.07, 6.45) is -2.91. The molecule has 10 heteroatoms. The lowest BCUT2D eigenvalue weighted by Crippen LogP contribution is -2.60. The molecule has 0 aromatic heterocycles. The van der Waals surface area contributed by atoms with Crippen molar-refractivity contribution in [3.63, 3.8) is 0 Å². The molecule has 2 rings (SSSR count). The number of carboxylic acid groups (broad SMARTS) is 1. The van der Waals surface area contributed by atoms with Crippen molar-refractivity contribution in [2.45, 2.75) is 63.5 Å². The number of rotatable bonds is 15. The van der Waals surface area contributed by atoms with Gasteiger partial charge in [0.05, 0.1) is 30.9 Å². The number of hydrogen-bond donors (Lipinski definition) is 8. The molecule has 0 fully saturated rings. The van der Waals surface area contributed by atoms with Gasteiger partial charge in [-0.1, -0.05) is 74.5 Å². The predicted molar refractivity (Wildman–Crippen MR) is 144 cm³/mol. The van der Waals surface area contributed by atoms with E-state index in [2.05, 4.69) is 16.0 Å². The van der Waals surface area contributed by atoms with E-state index in [1.54, 1.807) is 13.8 Å². The minimum Gasteiger partial charge on any atom is -0.465 e. The van der Waals surface area contributed by atoms with Gasteiger partial charge in [0.2, 0.25) is 0 Å². The molecule has 10 nitrogen and oxygen atoms in total. The summed E-state index contributed by atoms with van der Waals surface area (Å²) >= 11 is 0. The molecule has 0 bridgehead atoms. The minimum atomic E-state index is -1.91. The van der Waals surface area contributed by atoms with Crippen LogP contribution in [0.5, 0.6) is 0 Å². The first-order chi connectivity index (χ1) is 17.9. The maximum Gasteiger partial charge on any atom is 0.404 e. The van der Waals surface area contributed by atoms with Crippen molar-refractivity contribution in [3.05, 3.63) is 71.8 Å². The van der Waals surface area contributed by atoms with Gasteiger partial charge in [-0.05, 0) is 30.9 Å². The van der Waals surface area contributed by atoms with E-state index in [0.717, 1.165) is 11.1 Å². The van der Waals surface area contributed by atoms with E-state index in [4.69, 9.17) is 0 Å². The number of carbonyl (C=O) groups is 2. The van der Waals surface area contributed by atoms with Gasteiger partial charge < -0.3 is 41.5 Å². The predicted octanol–water partition coefficient (Wildman–Crippen LogP) is 0.674. The molecule has 0 aliphatic heterocycles. The summed E-state index contributed by atoms with van der Waals surface area (Å²) in [6.45, 7) is 3.99. The van der Waals surface area contributed by atoms with Crippen LogP contribution in [0.25, 0.3) is 0 Å². The zero-order valence-corrected chi connectivity index (χ0v) is 22.2. The van der Waals surface area contributed by atoms with Crippen LogP contribution in [0.1, 0.15) is 31.9 Å². The van der Waals surface area contributed by atoms with Gasteiger partial charge in [0.25, 0.3) is 5.91 Å². The topological polar surface area (TPSA) is 171 Å². The first-order valence-electron chi connectivity index (χ1n) is 12.7. The van der Waals surface area contributed by atoms with Gasteiger partial charge in [0.1, 0.15) is 5.60 Å². The Kier molecular flexibility index (Phi) is 11.7. The highest BCUT2D eigenvalue weighted by Gasteiger charge is 2.46. The molecule has 210 valence electrons. The van der Waals surface area contributed by atoms with Crippen LogP contribution in [-0.2, 0) is 17.6 Å². The Morgan fingerprint density at radius 3 is 1.61 bits per heavy atom. The van der Waals surface area contributed by atoms with E-state index >= 15 is 0 Å². The molecule has 0 aliphatic carbocycles. The summed E-state index contributed by atoms with van der Waals surface area (Å²) in [5.74, 6) is -0.731. The molecule has 2 amide bonds. The molecule has 8 N–H and O–H groups in total. The van der Waals surface area contributed by atoms with Crippen LogP contribution in [0.3, 0.4) is 0 Å². The molecule has 0 saturated heterocycles. The van der Waals surface area contributed by atoms with Gasteiger partial charge in [-0.3, -0.25) is 4.79 Å². The highest BCUT2D eigenvalue weighted by Crippen LogP contribution is 2.30. The first-order valence-corrected chi connectivity index (χ1v) is 12.7. The first kappa shape index (κ1) is 31.2. The third-order valence-corrected chi connectivity index (χ3v) is 7.01. The van der Waals surface area contributed by atoms with Crippen molar-refractivity contribution in [3.8, 4) is 0 Å². The molecule has 0 spiro atoms. The Hall–Kier alpha value is -3.02. The number of aliphatic hydroxyl groups excluding tert-OH is 3. The second kappa shape index (κ2) is 14.2. The van der Waals surface area contributed by atoms with Crippen molar-refractivity contribution in [2.75, 3.05) is 19.7 Å². The monoisotopic (exact) mass is 531 g/mol. The van der Waals surface area contributed by atoms with Gasteiger partial charge >= 0.3 is 6.09 Å². The lowest BCUT2D eigenvalue weighted by atomic mass is 9.76. The molecule has 0 heterocycles. The average molecular weight is 532 g/mol. The normalized spacial score (nSPS) is 16.5. The third kappa shape index (κ3) is 9.07. The number of hydrogen-bond acceptors (Lipinski definition) is 7. The Bertz CT molecular complexity index is 1000. The molecule has 2 unspecified atom stereocenters. The lowest BCUT2D eigenvalue weighted by Gasteiger charge is -2.38. The molecule has 0 saturated carbocycles. The summed E-state index contributed by atoms with van der Waals surface area (Å²) in [4.78, 5) is 24.3. The van der Waals surface area contributed by atoms with Gasteiger partial charge in [-0.2, -0.15) is 0 Å². The second-order valence-corrected chi connectivity index (χ2v) is 10.4. The Morgan fingerprint density at radius 2 is 1.21 bits per heavy atom. The molecule has 2 aromatic rings. The quantitative estimate of drug-likeness (QED) is 0.166. The summed E-state index contributed by atoms with van der Waals surface area (Å²) in [6, 6.07) is 16.8. The maximum atomic E-state index is 13.0. The number of nitrogens with one attached hydrogen (secondary N) is 3. The fourth-order valence-electron chi connectivity index (χ4n) is 3.89. The third-order valence-electron chi connectivity index (χ3n) is 7.01. The maximum absolute atomic E-state index is 13.0. The van der Waals surface area contributed by atoms with Crippen LogP contribution in [0.15, 0.2) is 60.7 Å². The Morgan fingerprint density at radius 1 is 0.789 bits per heavy atom. The molecule has 0 radical (unpaired) electrons. The van der Waals surface area contributed by atoms with Crippen LogP contribution in [0.4, 0.5) is 4.79 Å². The van der Waals surface area contributed by atoms with Crippen molar-refractivity contribution < 1.29 is 35.1 Å². The largest absolute Gasteiger partial charge is 0.465 e. The van der Waals surface area contributed by atoms with E-state index < -0.39 is 53.9 Å². The molecular formula is C28H41N3O7. The highest BCUT2D eigenvalue weighted by atomic mass is 16.4. The van der Waals surface area contributed by atoms with Crippen LogP contribution in [0, 0.1) is 5.41 Å². The molecule has 2 aromatic carbocycles. The fraction of sp³-hybridized carbons (Fsp3) is 0.500. The van der Waals surface area contributed by atoms with Gasteiger partial charge in [-0.15, -0.1) is 0 Å². The summed E-state index contributed by atoms with van der Waals surface area (Å²) in [5, 5.41) is 59.4. The average Bonchev–Trinajstić information content (AvgIpc) is 2.88. The highest BCUT2D eigenvalue weighted by molar-refractivity contribution is 5.85.